The highest BCUT2D eigenvalue weighted by molar-refractivity contribution is 7.89. The van der Waals surface area contributed by atoms with Gasteiger partial charge in [0.05, 0.1) is 6.61 Å². The van der Waals surface area contributed by atoms with Crippen molar-refractivity contribution in [3.63, 3.8) is 0 Å². The van der Waals surface area contributed by atoms with Crippen molar-refractivity contribution in [1.82, 2.24) is 9.71 Å². The van der Waals surface area contributed by atoms with E-state index in [0.717, 1.165) is 6.07 Å². The third-order valence-electron chi connectivity index (χ3n) is 2.13. The molecule has 0 bridgehead atoms. The Kier molecular flexibility index (Phi) is 5.84. The van der Waals surface area contributed by atoms with Crippen molar-refractivity contribution in [3.8, 4) is 0 Å². The van der Waals surface area contributed by atoms with Crippen LogP contribution in [0.2, 0.25) is 0 Å². The molecule has 106 valence electrons. The summed E-state index contributed by atoms with van der Waals surface area (Å²) in [5, 5.41) is -0.647. The molecule has 0 aromatic carbocycles. The van der Waals surface area contributed by atoms with E-state index >= 15 is 0 Å². The molecule has 0 amide bonds. The maximum Gasteiger partial charge on any atom is 0.305 e. The van der Waals surface area contributed by atoms with Crippen molar-refractivity contribution < 1.29 is 22.3 Å². The van der Waals surface area contributed by atoms with E-state index in [0.29, 0.717) is 0 Å². The van der Waals surface area contributed by atoms with Gasteiger partial charge in [-0.2, -0.15) is 0 Å². The molecule has 0 aliphatic rings. The Bertz CT molecular complexity index is 533. The first-order chi connectivity index (χ1) is 8.97. The molecule has 0 aliphatic carbocycles. The summed E-state index contributed by atoms with van der Waals surface area (Å²) < 4.78 is 43.5. The van der Waals surface area contributed by atoms with Crippen LogP contribution in [0.1, 0.15) is 19.8 Å². The molecule has 0 saturated carbocycles. The molecule has 1 aromatic rings. The van der Waals surface area contributed by atoms with Gasteiger partial charge in [-0.1, -0.05) is 0 Å². The first-order valence-electron chi connectivity index (χ1n) is 5.73. The van der Waals surface area contributed by atoms with Crippen LogP contribution in [0.15, 0.2) is 23.4 Å². The highest BCUT2D eigenvalue weighted by atomic mass is 32.2. The smallest absolute Gasteiger partial charge is 0.305 e. The molecule has 0 radical (unpaired) electrons. The van der Waals surface area contributed by atoms with Crippen LogP contribution in [0.5, 0.6) is 0 Å². The molecule has 19 heavy (non-hydrogen) atoms. The summed E-state index contributed by atoms with van der Waals surface area (Å²) in [6.07, 6.45) is 1.56. The number of halogens is 1. The van der Waals surface area contributed by atoms with E-state index in [4.69, 9.17) is 0 Å². The maximum atomic E-state index is 13.3. The molecule has 1 rings (SSSR count). The zero-order chi connectivity index (χ0) is 14.3. The molecule has 0 saturated heterocycles. The van der Waals surface area contributed by atoms with Gasteiger partial charge >= 0.3 is 5.97 Å². The van der Waals surface area contributed by atoms with E-state index in [9.17, 15) is 17.6 Å². The van der Waals surface area contributed by atoms with Gasteiger partial charge in [0, 0.05) is 19.2 Å². The van der Waals surface area contributed by atoms with E-state index in [1.165, 1.54) is 12.3 Å². The number of hydrogen-bond acceptors (Lipinski definition) is 5. The Labute approximate surface area is 111 Å². The molecule has 1 heterocycles. The maximum absolute atomic E-state index is 13.3. The zero-order valence-corrected chi connectivity index (χ0v) is 11.2. The molecule has 0 fully saturated rings. The summed E-state index contributed by atoms with van der Waals surface area (Å²) in [5.41, 5.74) is 0. The Morgan fingerprint density at radius 2 is 2.26 bits per heavy atom. The number of pyridine rings is 1. The topological polar surface area (TPSA) is 85.4 Å². The number of rotatable bonds is 7. The van der Waals surface area contributed by atoms with Gasteiger partial charge in [0.2, 0.25) is 5.03 Å². The third kappa shape index (κ3) is 4.92. The van der Waals surface area contributed by atoms with Crippen molar-refractivity contribution in [1.29, 1.82) is 0 Å². The standard InChI is InChI=1S/C11H15FN2O4S/c1-2-18-10(15)6-4-8-14-19(16,17)11-9(12)5-3-7-13-11/h3,5,7,14H,2,4,6,8H2,1H3. The molecular formula is C11H15FN2O4S. The summed E-state index contributed by atoms with van der Waals surface area (Å²) in [6, 6.07) is 2.31. The van der Waals surface area contributed by atoms with Crippen molar-refractivity contribution >= 4 is 16.0 Å². The second kappa shape index (κ2) is 7.15. The number of carbonyl (C=O) groups excluding carboxylic acids is 1. The number of ether oxygens (including phenoxy) is 1. The molecule has 8 heteroatoms. The highest BCUT2D eigenvalue weighted by Crippen LogP contribution is 2.09. The van der Waals surface area contributed by atoms with Crippen LogP contribution in [0, 0.1) is 5.82 Å². The Morgan fingerprint density at radius 3 is 2.89 bits per heavy atom. The van der Waals surface area contributed by atoms with Crippen molar-refractivity contribution in [3.05, 3.63) is 24.1 Å². The number of carbonyl (C=O) groups is 1. The number of esters is 1. The van der Waals surface area contributed by atoms with Gasteiger partial charge in [0.15, 0.2) is 5.82 Å². The SMILES string of the molecule is CCOC(=O)CCCNS(=O)(=O)c1ncccc1F. The van der Waals surface area contributed by atoms with Gasteiger partial charge in [-0.15, -0.1) is 0 Å². The largest absolute Gasteiger partial charge is 0.466 e. The quantitative estimate of drug-likeness (QED) is 0.594. The van der Waals surface area contributed by atoms with Crippen LogP contribution in [0.4, 0.5) is 4.39 Å². The van der Waals surface area contributed by atoms with Crippen molar-refractivity contribution in [2.45, 2.75) is 24.8 Å². The first-order valence-corrected chi connectivity index (χ1v) is 7.21. The average molecular weight is 290 g/mol. The number of aromatic nitrogens is 1. The summed E-state index contributed by atoms with van der Waals surface area (Å²) in [6.45, 7) is 1.98. The van der Waals surface area contributed by atoms with Gasteiger partial charge in [0.1, 0.15) is 0 Å². The highest BCUT2D eigenvalue weighted by Gasteiger charge is 2.19. The lowest BCUT2D eigenvalue weighted by Gasteiger charge is -2.06. The van der Waals surface area contributed by atoms with Gasteiger partial charge in [0.25, 0.3) is 10.0 Å². The fraction of sp³-hybridized carbons (Fsp3) is 0.455. The van der Waals surface area contributed by atoms with E-state index in [-0.39, 0.29) is 26.0 Å². The van der Waals surface area contributed by atoms with E-state index in [1.807, 2.05) is 0 Å². The van der Waals surface area contributed by atoms with Gasteiger partial charge < -0.3 is 4.74 Å². The Morgan fingerprint density at radius 1 is 1.53 bits per heavy atom. The first kappa shape index (κ1) is 15.5. The van der Waals surface area contributed by atoms with Crippen LogP contribution >= 0.6 is 0 Å². The molecular weight excluding hydrogens is 275 g/mol. The molecule has 1 aromatic heterocycles. The van der Waals surface area contributed by atoms with Crippen LogP contribution < -0.4 is 4.72 Å². The summed E-state index contributed by atoms with van der Waals surface area (Å²) in [4.78, 5) is 14.5. The number of nitrogens with zero attached hydrogens (tertiary/aromatic N) is 1. The lowest BCUT2D eigenvalue weighted by atomic mass is 10.3. The predicted molar refractivity (Wildman–Crippen MR) is 65.3 cm³/mol. The molecule has 0 spiro atoms. The molecule has 0 atom stereocenters. The van der Waals surface area contributed by atoms with Crippen LogP contribution in [0.3, 0.4) is 0 Å². The van der Waals surface area contributed by atoms with Gasteiger partial charge in [-0.05, 0) is 25.5 Å². The Hall–Kier alpha value is -1.54. The minimum atomic E-state index is -3.99. The number of nitrogens with one attached hydrogen (secondary N) is 1. The minimum Gasteiger partial charge on any atom is -0.466 e. The van der Waals surface area contributed by atoms with E-state index in [2.05, 4.69) is 14.4 Å². The molecule has 1 N–H and O–H groups in total. The minimum absolute atomic E-state index is 0.0111. The van der Waals surface area contributed by atoms with Gasteiger partial charge in [-0.25, -0.2) is 22.5 Å². The Balaban J connectivity index is 2.49. The fourth-order valence-corrected chi connectivity index (χ4v) is 2.38. The summed E-state index contributed by atoms with van der Waals surface area (Å²) in [5.74, 6) is -1.31. The lowest BCUT2D eigenvalue weighted by molar-refractivity contribution is -0.143. The monoisotopic (exact) mass is 290 g/mol. The predicted octanol–water partition coefficient (Wildman–Crippen LogP) is 0.842. The average Bonchev–Trinajstić information content (AvgIpc) is 2.35. The van der Waals surface area contributed by atoms with E-state index in [1.54, 1.807) is 6.92 Å². The fourth-order valence-electron chi connectivity index (χ4n) is 1.31. The lowest BCUT2D eigenvalue weighted by Crippen LogP contribution is -2.27. The zero-order valence-electron chi connectivity index (χ0n) is 10.4. The normalized spacial score (nSPS) is 11.3. The second-order valence-electron chi connectivity index (χ2n) is 3.60. The van der Waals surface area contributed by atoms with Crippen LogP contribution in [-0.4, -0.2) is 32.5 Å². The summed E-state index contributed by atoms with van der Waals surface area (Å²) >= 11 is 0. The van der Waals surface area contributed by atoms with Crippen molar-refractivity contribution in [2.24, 2.45) is 0 Å². The molecule has 0 aliphatic heterocycles. The van der Waals surface area contributed by atoms with Crippen LogP contribution in [-0.2, 0) is 19.6 Å². The second-order valence-corrected chi connectivity index (χ2v) is 5.28. The number of hydrogen-bond donors (Lipinski definition) is 1. The van der Waals surface area contributed by atoms with Crippen LogP contribution in [0.25, 0.3) is 0 Å². The summed E-state index contributed by atoms with van der Waals surface area (Å²) in [7, 11) is -3.99. The van der Waals surface area contributed by atoms with Gasteiger partial charge in [-0.3, -0.25) is 4.79 Å². The molecule has 6 nitrogen and oxygen atoms in total. The van der Waals surface area contributed by atoms with E-state index < -0.39 is 26.8 Å². The third-order valence-corrected chi connectivity index (χ3v) is 3.53. The molecule has 0 unspecified atom stereocenters. The number of sulfonamides is 1. The van der Waals surface area contributed by atoms with Crippen molar-refractivity contribution in [2.75, 3.05) is 13.2 Å².